The summed E-state index contributed by atoms with van der Waals surface area (Å²) in [5.41, 5.74) is 4.55. The Labute approximate surface area is 200 Å². The van der Waals surface area contributed by atoms with E-state index in [1.807, 2.05) is 59.1 Å². The summed E-state index contributed by atoms with van der Waals surface area (Å²) in [5.74, 6) is -0.131. The van der Waals surface area contributed by atoms with Gasteiger partial charge in [0.25, 0.3) is 5.56 Å². The van der Waals surface area contributed by atoms with Crippen LogP contribution in [0, 0.1) is 0 Å². The summed E-state index contributed by atoms with van der Waals surface area (Å²) >= 11 is 0. The molecule has 0 fully saturated rings. The predicted octanol–water partition coefficient (Wildman–Crippen LogP) is 4.25. The molecule has 1 aromatic carbocycles. The Morgan fingerprint density at radius 1 is 0.886 bits per heavy atom. The Balaban J connectivity index is 1.49. The second kappa shape index (κ2) is 8.46. The number of ketones is 1. The first-order valence-electron chi connectivity index (χ1n) is 11.2. The first-order chi connectivity index (χ1) is 17.2. The molecule has 35 heavy (non-hydrogen) atoms. The van der Waals surface area contributed by atoms with Crippen LogP contribution in [0.1, 0.15) is 27.3 Å². The average molecular weight is 457 g/mol. The molecule has 0 amide bonds. The highest BCUT2D eigenvalue weighted by atomic mass is 16.1. The fraction of sp³-hybridized carbons (Fsp3) is 0.0357. The van der Waals surface area contributed by atoms with Gasteiger partial charge in [-0.05, 0) is 60.2 Å². The van der Waals surface area contributed by atoms with Crippen molar-refractivity contribution in [2.75, 3.05) is 0 Å². The van der Waals surface area contributed by atoms with Gasteiger partial charge in [-0.3, -0.25) is 19.1 Å². The van der Waals surface area contributed by atoms with Gasteiger partial charge in [-0.1, -0.05) is 24.3 Å². The number of carbonyl (C=O) groups is 1. The van der Waals surface area contributed by atoms with E-state index in [2.05, 4.69) is 15.0 Å². The van der Waals surface area contributed by atoms with Crippen LogP contribution >= 0.6 is 0 Å². The van der Waals surface area contributed by atoms with Gasteiger partial charge in [-0.15, -0.1) is 0 Å². The van der Waals surface area contributed by atoms with Gasteiger partial charge in [0.2, 0.25) is 5.78 Å². The van der Waals surface area contributed by atoms with Gasteiger partial charge in [-0.2, -0.15) is 0 Å². The second-order valence-corrected chi connectivity index (χ2v) is 8.18. The summed E-state index contributed by atoms with van der Waals surface area (Å²) in [6, 6.07) is 23.9. The Morgan fingerprint density at radius 3 is 2.69 bits per heavy atom. The van der Waals surface area contributed by atoms with Crippen molar-refractivity contribution in [1.29, 1.82) is 0 Å². The third-order valence-corrected chi connectivity index (χ3v) is 5.94. The lowest BCUT2D eigenvalue weighted by Gasteiger charge is -2.12. The minimum Gasteiger partial charge on any atom is -0.314 e. The zero-order valence-electron chi connectivity index (χ0n) is 18.6. The van der Waals surface area contributed by atoms with Crippen LogP contribution in [0.2, 0.25) is 0 Å². The van der Waals surface area contributed by atoms with E-state index in [0.29, 0.717) is 40.2 Å². The van der Waals surface area contributed by atoms with Crippen LogP contribution in [0.25, 0.3) is 22.4 Å². The van der Waals surface area contributed by atoms with Crippen molar-refractivity contribution in [3.05, 3.63) is 137 Å². The Hall–Kier alpha value is -4.91. The van der Waals surface area contributed by atoms with E-state index >= 15 is 0 Å². The van der Waals surface area contributed by atoms with Crippen molar-refractivity contribution in [3.63, 3.8) is 0 Å². The monoisotopic (exact) mass is 457 g/mol. The summed E-state index contributed by atoms with van der Waals surface area (Å²) in [7, 11) is 0. The van der Waals surface area contributed by atoms with Crippen LogP contribution in [0.5, 0.6) is 0 Å². The van der Waals surface area contributed by atoms with Gasteiger partial charge in [0.1, 0.15) is 11.2 Å². The molecule has 0 aliphatic heterocycles. The summed E-state index contributed by atoms with van der Waals surface area (Å²) in [4.78, 5) is 40.2. The molecule has 0 unspecified atom stereocenters. The Kier molecular flexibility index (Phi) is 5.00. The second-order valence-electron chi connectivity index (χ2n) is 8.18. The highest BCUT2D eigenvalue weighted by molar-refractivity contribution is 6.09. The predicted molar refractivity (Wildman–Crippen MR) is 133 cm³/mol. The molecule has 6 rings (SSSR count). The molecular weight excluding hydrogens is 438 g/mol. The molecule has 0 saturated carbocycles. The van der Waals surface area contributed by atoms with Crippen LogP contribution in [-0.2, 0) is 6.42 Å². The number of rotatable bonds is 5. The van der Waals surface area contributed by atoms with Gasteiger partial charge < -0.3 is 4.40 Å². The lowest BCUT2D eigenvalue weighted by atomic mass is 10.1. The number of carbonyl (C=O) groups excluding carboxylic acids is 1. The Bertz CT molecular complexity index is 1770. The minimum absolute atomic E-state index is 0.131. The minimum atomic E-state index is -0.280. The molecule has 0 aliphatic carbocycles. The fourth-order valence-corrected chi connectivity index (χ4v) is 4.29. The van der Waals surface area contributed by atoms with Crippen LogP contribution in [0.4, 0.5) is 0 Å². The molecule has 7 nitrogen and oxygen atoms in total. The number of benzene rings is 1. The molecule has 0 N–H and O–H groups in total. The summed E-state index contributed by atoms with van der Waals surface area (Å²) in [6.07, 6.45) is 7.24. The number of hydrogen-bond acceptors (Lipinski definition) is 5. The zero-order chi connectivity index (χ0) is 23.8. The van der Waals surface area contributed by atoms with E-state index in [1.165, 1.54) is 4.57 Å². The number of nitrogens with zero attached hydrogens (tertiary/aromatic N) is 5. The van der Waals surface area contributed by atoms with Crippen LogP contribution in [0.15, 0.2) is 108 Å². The van der Waals surface area contributed by atoms with E-state index < -0.39 is 0 Å². The van der Waals surface area contributed by atoms with Crippen molar-refractivity contribution < 1.29 is 4.79 Å². The average Bonchev–Trinajstić information content (AvgIpc) is 3.34. The molecule has 0 atom stereocenters. The molecule has 0 spiro atoms. The van der Waals surface area contributed by atoms with E-state index in [4.69, 9.17) is 0 Å². The maximum absolute atomic E-state index is 13.6. The van der Waals surface area contributed by atoms with Gasteiger partial charge in [-0.25, -0.2) is 9.97 Å². The molecule has 5 aromatic heterocycles. The van der Waals surface area contributed by atoms with E-state index in [0.717, 1.165) is 11.1 Å². The van der Waals surface area contributed by atoms with E-state index in [-0.39, 0.29) is 11.3 Å². The van der Waals surface area contributed by atoms with Crippen molar-refractivity contribution in [2.45, 2.75) is 6.42 Å². The van der Waals surface area contributed by atoms with Gasteiger partial charge in [0.15, 0.2) is 5.65 Å². The third kappa shape index (κ3) is 3.69. The number of aromatic nitrogens is 5. The molecule has 7 heteroatoms. The number of hydrogen-bond donors (Lipinski definition) is 0. The molecular formula is C28H19N5O2. The van der Waals surface area contributed by atoms with E-state index in [9.17, 15) is 9.59 Å². The first-order valence-corrected chi connectivity index (χ1v) is 11.2. The summed E-state index contributed by atoms with van der Waals surface area (Å²) in [6.45, 7) is 0. The first kappa shape index (κ1) is 20.7. The molecule has 0 radical (unpaired) electrons. The van der Waals surface area contributed by atoms with Crippen LogP contribution in [0.3, 0.4) is 0 Å². The highest BCUT2D eigenvalue weighted by Gasteiger charge is 2.17. The Morgan fingerprint density at radius 2 is 1.80 bits per heavy atom. The molecule has 5 heterocycles. The van der Waals surface area contributed by atoms with Gasteiger partial charge >= 0.3 is 0 Å². The molecule has 6 aromatic rings. The number of pyridine rings is 3. The summed E-state index contributed by atoms with van der Waals surface area (Å²) in [5, 5.41) is 0. The van der Waals surface area contributed by atoms with Crippen molar-refractivity contribution in [3.8, 4) is 5.69 Å². The van der Waals surface area contributed by atoms with Crippen molar-refractivity contribution >= 4 is 22.5 Å². The number of fused-ring (bicyclic) bond motifs is 2. The van der Waals surface area contributed by atoms with Crippen LogP contribution < -0.4 is 5.56 Å². The standard InChI is InChI=1S/C28H19N5O2/c34-26(25-12-11-21-8-1-2-15-32(21)25)20-7-3-9-22(17-20)33-27-23(10-5-14-30-27)31-24(28(33)35)16-19-6-4-13-29-18-19/h1-15,17-18H,16H2. The maximum atomic E-state index is 13.6. The molecule has 0 aliphatic rings. The smallest absolute Gasteiger partial charge is 0.278 e. The molecule has 0 saturated heterocycles. The van der Waals surface area contributed by atoms with Gasteiger partial charge in [0, 0.05) is 42.3 Å². The fourth-order valence-electron chi connectivity index (χ4n) is 4.29. The molecule has 0 bridgehead atoms. The maximum Gasteiger partial charge on any atom is 0.278 e. The summed E-state index contributed by atoms with van der Waals surface area (Å²) < 4.78 is 3.39. The largest absolute Gasteiger partial charge is 0.314 e. The quantitative estimate of drug-likeness (QED) is 0.362. The lowest BCUT2D eigenvalue weighted by Crippen LogP contribution is -2.25. The van der Waals surface area contributed by atoms with E-state index in [1.54, 1.807) is 48.9 Å². The third-order valence-electron chi connectivity index (χ3n) is 5.94. The van der Waals surface area contributed by atoms with Crippen LogP contribution in [-0.4, -0.2) is 29.7 Å². The zero-order valence-corrected chi connectivity index (χ0v) is 18.6. The van der Waals surface area contributed by atoms with Crippen molar-refractivity contribution in [2.24, 2.45) is 0 Å². The van der Waals surface area contributed by atoms with Gasteiger partial charge in [0.05, 0.1) is 11.4 Å². The lowest BCUT2D eigenvalue weighted by molar-refractivity contribution is 0.103. The topological polar surface area (TPSA) is 82.1 Å². The normalized spacial score (nSPS) is 11.2. The SMILES string of the molecule is O=C(c1cccc(-n2c(=O)c(Cc3cccnc3)nc3cccnc32)c1)c1ccc2ccccn12. The molecule has 168 valence electrons. The van der Waals surface area contributed by atoms with Crippen molar-refractivity contribution in [1.82, 2.24) is 23.9 Å². The highest BCUT2D eigenvalue weighted by Crippen LogP contribution is 2.19.